The van der Waals surface area contributed by atoms with E-state index >= 15 is 0 Å². The molecule has 2 heterocycles. The molecule has 4 N–H and O–H groups in total. The lowest BCUT2D eigenvalue weighted by Gasteiger charge is -2.21. The number of rotatable bonds is 3. The Morgan fingerprint density at radius 3 is 3.10 bits per heavy atom. The van der Waals surface area contributed by atoms with Gasteiger partial charge in [0.05, 0.1) is 0 Å². The number of amides is 1. The number of pyridine rings is 1. The van der Waals surface area contributed by atoms with Gasteiger partial charge in [-0.1, -0.05) is 12.1 Å². The number of fused-ring (bicyclic) bond motifs is 1. The highest BCUT2D eigenvalue weighted by Gasteiger charge is 2.12. The summed E-state index contributed by atoms with van der Waals surface area (Å²) in [6.45, 7) is 1.88. The summed E-state index contributed by atoms with van der Waals surface area (Å²) >= 11 is 0. The minimum Gasteiger partial charge on any atom is -0.364 e. The number of benzene rings is 1. The first-order valence-electron chi connectivity index (χ1n) is 6.58. The molecule has 1 aromatic carbocycles. The van der Waals surface area contributed by atoms with Gasteiger partial charge in [0.1, 0.15) is 5.69 Å². The first-order chi connectivity index (χ1) is 9.74. The van der Waals surface area contributed by atoms with Gasteiger partial charge >= 0.3 is 0 Å². The maximum absolute atomic E-state index is 11.2. The van der Waals surface area contributed by atoms with Crippen LogP contribution in [0.3, 0.4) is 0 Å². The predicted molar refractivity (Wildman–Crippen MR) is 77.9 cm³/mol. The van der Waals surface area contributed by atoms with E-state index in [0.29, 0.717) is 0 Å². The lowest BCUT2D eigenvalue weighted by molar-refractivity contribution is 0.0995. The normalized spacial score (nSPS) is 13.6. The van der Waals surface area contributed by atoms with E-state index in [1.165, 1.54) is 11.1 Å². The number of carbonyl (C=O) groups excluding carboxylic acids is 1. The summed E-state index contributed by atoms with van der Waals surface area (Å²) < 4.78 is 0. The zero-order chi connectivity index (χ0) is 13.9. The average molecular weight is 268 g/mol. The Bertz CT molecular complexity index is 654. The lowest BCUT2D eigenvalue weighted by atomic mass is 9.99. The minimum absolute atomic E-state index is 0.265. The summed E-state index contributed by atoms with van der Waals surface area (Å²) in [6.07, 6.45) is 2.58. The molecule has 0 radical (unpaired) electrons. The second-order valence-corrected chi connectivity index (χ2v) is 4.79. The van der Waals surface area contributed by atoms with E-state index in [0.717, 1.165) is 30.9 Å². The number of nitrogens with zero attached hydrogens (tertiary/aromatic N) is 1. The van der Waals surface area contributed by atoms with Crippen LogP contribution in [-0.2, 0) is 13.0 Å². The zero-order valence-electron chi connectivity index (χ0n) is 11.0. The van der Waals surface area contributed by atoms with E-state index in [-0.39, 0.29) is 5.69 Å². The van der Waals surface area contributed by atoms with Crippen LogP contribution < -0.4 is 16.4 Å². The number of hydrogen-bond donors (Lipinski definition) is 3. The first kappa shape index (κ1) is 12.6. The second kappa shape index (κ2) is 5.30. The summed E-state index contributed by atoms with van der Waals surface area (Å²) in [7, 11) is 0. The molecule has 0 bridgehead atoms. The highest BCUT2D eigenvalue weighted by Crippen LogP contribution is 2.26. The van der Waals surface area contributed by atoms with Crippen LogP contribution in [0, 0.1) is 0 Å². The van der Waals surface area contributed by atoms with Crippen molar-refractivity contribution >= 4 is 17.3 Å². The molecule has 3 rings (SSSR count). The molecule has 1 amide bonds. The number of primary amides is 1. The Kier molecular flexibility index (Phi) is 3.35. The molecule has 0 fully saturated rings. The molecule has 0 spiro atoms. The number of hydrogen-bond acceptors (Lipinski definition) is 4. The van der Waals surface area contributed by atoms with Crippen molar-refractivity contribution in [1.29, 1.82) is 0 Å². The monoisotopic (exact) mass is 268 g/mol. The van der Waals surface area contributed by atoms with Gasteiger partial charge in [-0.25, -0.2) is 0 Å². The van der Waals surface area contributed by atoms with Gasteiger partial charge in [0.2, 0.25) is 0 Å². The SMILES string of the molecule is NC(=O)c1cc(Nc2cccc3c2CCNC3)ccn1. The van der Waals surface area contributed by atoms with Gasteiger partial charge in [-0.2, -0.15) is 0 Å². The molecule has 102 valence electrons. The molecule has 5 heteroatoms. The Hall–Kier alpha value is -2.40. The third kappa shape index (κ3) is 2.48. The van der Waals surface area contributed by atoms with Gasteiger partial charge in [-0.15, -0.1) is 0 Å². The maximum atomic E-state index is 11.2. The van der Waals surface area contributed by atoms with Crippen LogP contribution in [0.1, 0.15) is 21.6 Å². The molecule has 2 aromatic rings. The van der Waals surface area contributed by atoms with Crippen LogP contribution in [0.4, 0.5) is 11.4 Å². The van der Waals surface area contributed by atoms with Gasteiger partial charge in [0.25, 0.3) is 5.91 Å². The molecule has 0 saturated carbocycles. The number of aromatic nitrogens is 1. The Morgan fingerprint density at radius 1 is 1.35 bits per heavy atom. The van der Waals surface area contributed by atoms with E-state index < -0.39 is 5.91 Å². The predicted octanol–water partition coefficient (Wildman–Crippen LogP) is 1.57. The smallest absolute Gasteiger partial charge is 0.267 e. The number of carbonyl (C=O) groups is 1. The summed E-state index contributed by atoms with van der Waals surface area (Å²) in [4.78, 5) is 15.1. The molecule has 0 aliphatic carbocycles. The highest BCUT2D eigenvalue weighted by molar-refractivity contribution is 5.91. The molecule has 1 aromatic heterocycles. The summed E-state index contributed by atoms with van der Waals surface area (Å²) in [5, 5.41) is 6.71. The average Bonchev–Trinajstić information content (AvgIpc) is 2.48. The van der Waals surface area contributed by atoms with Crippen molar-refractivity contribution in [3.8, 4) is 0 Å². The molecule has 0 unspecified atom stereocenters. The van der Waals surface area contributed by atoms with Crippen LogP contribution in [0.15, 0.2) is 36.5 Å². The fourth-order valence-electron chi connectivity index (χ4n) is 2.45. The van der Waals surface area contributed by atoms with E-state index in [2.05, 4.69) is 27.8 Å². The quantitative estimate of drug-likeness (QED) is 0.789. The van der Waals surface area contributed by atoms with Crippen molar-refractivity contribution in [2.45, 2.75) is 13.0 Å². The lowest BCUT2D eigenvalue weighted by Crippen LogP contribution is -2.24. The van der Waals surface area contributed by atoms with Crippen molar-refractivity contribution in [3.63, 3.8) is 0 Å². The van der Waals surface area contributed by atoms with Crippen molar-refractivity contribution in [2.75, 3.05) is 11.9 Å². The molecule has 0 saturated heterocycles. The van der Waals surface area contributed by atoms with Crippen molar-refractivity contribution < 1.29 is 4.79 Å². The standard InChI is InChI=1S/C15H16N4O/c16-15(20)14-8-11(4-7-18-14)19-13-3-1-2-10-9-17-6-5-12(10)13/h1-4,7-8,17H,5-6,9H2,(H2,16,20)(H,18,19). The van der Waals surface area contributed by atoms with E-state index in [1.807, 2.05) is 12.1 Å². The number of nitrogens with one attached hydrogen (secondary N) is 2. The molecule has 1 aliphatic heterocycles. The molecule has 0 atom stereocenters. The molecular weight excluding hydrogens is 252 g/mol. The van der Waals surface area contributed by atoms with Crippen molar-refractivity contribution in [2.24, 2.45) is 5.73 Å². The third-order valence-electron chi connectivity index (χ3n) is 3.43. The van der Waals surface area contributed by atoms with Crippen LogP contribution >= 0.6 is 0 Å². The van der Waals surface area contributed by atoms with Gasteiger partial charge in [0.15, 0.2) is 0 Å². The van der Waals surface area contributed by atoms with Crippen LogP contribution in [0.2, 0.25) is 0 Å². The van der Waals surface area contributed by atoms with Gasteiger partial charge in [-0.3, -0.25) is 9.78 Å². The number of anilines is 2. The molecule has 5 nitrogen and oxygen atoms in total. The van der Waals surface area contributed by atoms with Crippen LogP contribution in [0.5, 0.6) is 0 Å². The molecule has 1 aliphatic rings. The summed E-state index contributed by atoms with van der Waals surface area (Å²) in [5.74, 6) is -0.520. The molecule has 20 heavy (non-hydrogen) atoms. The fourth-order valence-corrected chi connectivity index (χ4v) is 2.45. The number of nitrogens with two attached hydrogens (primary N) is 1. The van der Waals surface area contributed by atoms with E-state index in [1.54, 1.807) is 12.3 Å². The van der Waals surface area contributed by atoms with Crippen molar-refractivity contribution in [1.82, 2.24) is 10.3 Å². The van der Waals surface area contributed by atoms with Crippen molar-refractivity contribution in [3.05, 3.63) is 53.3 Å². The first-order valence-corrected chi connectivity index (χ1v) is 6.58. The minimum atomic E-state index is -0.520. The third-order valence-corrected chi connectivity index (χ3v) is 3.43. The second-order valence-electron chi connectivity index (χ2n) is 4.79. The largest absolute Gasteiger partial charge is 0.364 e. The van der Waals surface area contributed by atoms with Crippen LogP contribution in [-0.4, -0.2) is 17.4 Å². The Labute approximate surface area is 117 Å². The van der Waals surface area contributed by atoms with Gasteiger partial charge < -0.3 is 16.4 Å². The molecular formula is C15H16N4O. The maximum Gasteiger partial charge on any atom is 0.267 e. The summed E-state index contributed by atoms with van der Waals surface area (Å²) in [6, 6.07) is 9.71. The van der Waals surface area contributed by atoms with Gasteiger partial charge in [0, 0.05) is 24.1 Å². The van der Waals surface area contributed by atoms with E-state index in [9.17, 15) is 4.79 Å². The Balaban J connectivity index is 1.91. The fraction of sp³-hybridized carbons (Fsp3) is 0.200. The van der Waals surface area contributed by atoms with Crippen LogP contribution in [0.25, 0.3) is 0 Å². The zero-order valence-corrected chi connectivity index (χ0v) is 11.0. The summed E-state index contributed by atoms with van der Waals surface area (Å²) in [5.41, 5.74) is 10.0. The van der Waals surface area contributed by atoms with E-state index in [4.69, 9.17) is 5.73 Å². The highest BCUT2D eigenvalue weighted by atomic mass is 16.1. The van der Waals surface area contributed by atoms with Gasteiger partial charge in [-0.05, 0) is 42.3 Å². The Morgan fingerprint density at radius 2 is 2.25 bits per heavy atom. The topological polar surface area (TPSA) is 80.0 Å².